The first-order valence-corrected chi connectivity index (χ1v) is 8.20. The molecule has 3 rings (SSSR count). The number of rotatable bonds is 5. The van der Waals surface area contributed by atoms with E-state index < -0.39 is 0 Å². The van der Waals surface area contributed by atoms with Gasteiger partial charge in [0.05, 0.1) is 23.9 Å². The van der Waals surface area contributed by atoms with Crippen molar-refractivity contribution in [3.05, 3.63) is 60.4 Å². The van der Waals surface area contributed by atoms with Crippen LogP contribution < -0.4 is 11.1 Å². The van der Waals surface area contributed by atoms with Crippen molar-refractivity contribution in [3.63, 3.8) is 0 Å². The number of hydrogen-bond donors (Lipinski definition) is 2. The zero-order valence-electron chi connectivity index (χ0n) is 14.5. The summed E-state index contributed by atoms with van der Waals surface area (Å²) in [7, 11) is 0. The molecule has 25 heavy (non-hydrogen) atoms. The number of guanidine groups is 1. The van der Waals surface area contributed by atoms with Crippen LogP contribution in [0.3, 0.4) is 0 Å². The molecule has 0 fully saturated rings. The largest absolute Gasteiger partial charge is 0.370 e. The van der Waals surface area contributed by atoms with Crippen molar-refractivity contribution >= 4 is 46.7 Å². The molecule has 2 aromatic carbocycles. The minimum absolute atomic E-state index is 0. The zero-order chi connectivity index (χ0) is 16.9. The summed E-state index contributed by atoms with van der Waals surface area (Å²) >= 11 is 0. The van der Waals surface area contributed by atoms with Gasteiger partial charge < -0.3 is 15.6 Å². The highest BCUT2D eigenvalue weighted by Crippen LogP contribution is 2.18. The van der Waals surface area contributed by atoms with Crippen LogP contribution in [0.2, 0.25) is 0 Å². The molecule has 5 nitrogen and oxygen atoms in total. The lowest BCUT2D eigenvalue weighted by Gasteiger charge is -2.10. The first-order chi connectivity index (χ1) is 11.6. The second kappa shape index (κ2) is 8.84. The lowest BCUT2D eigenvalue weighted by Crippen LogP contribution is -2.23. The monoisotopic (exact) mass is 449 g/mol. The predicted molar refractivity (Wildman–Crippen MR) is 116 cm³/mol. The first kappa shape index (κ1) is 19.2. The molecule has 0 saturated heterocycles. The molecule has 0 amide bonds. The lowest BCUT2D eigenvalue weighted by atomic mass is 10.0. The quantitative estimate of drug-likeness (QED) is 0.349. The van der Waals surface area contributed by atoms with E-state index in [1.807, 2.05) is 36.7 Å². The standard InChI is InChI=1S/C19H23N5.HI/c1-14(2)15-6-5-7-16(12-15)23-19(20)21-10-11-24-13-22-17-8-3-4-9-18(17)24;/h3-9,12-14H,10-11H2,1-2H3,(H3,20,21,23);1H. The second-order valence-electron chi connectivity index (χ2n) is 6.10. The number of halogens is 1. The number of aliphatic imine (C=N–C) groups is 1. The van der Waals surface area contributed by atoms with E-state index in [1.165, 1.54) is 5.56 Å². The van der Waals surface area contributed by atoms with Crippen molar-refractivity contribution in [2.24, 2.45) is 10.7 Å². The van der Waals surface area contributed by atoms with Crippen molar-refractivity contribution in [2.75, 3.05) is 11.9 Å². The maximum absolute atomic E-state index is 6.00. The molecule has 0 radical (unpaired) electrons. The third-order valence-electron chi connectivity index (χ3n) is 3.98. The molecule has 1 heterocycles. The van der Waals surface area contributed by atoms with Gasteiger partial charge in [-0.1, -0.05) is 38.1 Å². The molecule has 0 atom stereocenters. The number of aromatic nitrogens is 2. The van der Waals surface area contributed by atoms with Gasteiger partial charge in [-0.25, -0.2) is 4.98 Å². The van der Waals surface area contributed by atoms with Crippen molar-refractivity contribution in [1.82, 2.24) is 9.55 Å². The molecule has 132 valence electrons. The number of benzene rings is 2. The number of nitrogens with zero attached hydrogens (tertiary/aromatic N) is 3. The van der Waals surface area contributed by atoms with Crippen molar-refractivity contribution in [2.45, 2.75) is 26.3 Å². The Kier molecular flexibility index (Phi) is 6.81. The number of anilines is 1. The zero-order valence-corrected chi connectivity index (χ0v) is 16.8. The van der Waals surface area contributed by atoms with Gasteiger partial charge in [0, 0.05) is 12.2 Å². The Morgan fingerprint density at radius 1 is 1.20 bits per heavy atom. The van der Waals surface area contributed by atoms with E-state index in [2.05, 4.69) is 51.9 Å². The summed E-state index contributed by atoms with van der Waals surface area (Å²) in [6.45, 7) is 5.69. The van der Waals surface area contributed by atoms with Crippen LogP contribution in [0.1, 0.15) is 25.3 Å². The summed E-state index contributed by atoms with van der Waals surface area (Å²) in [4.78, 5) is 8.79. The predicted octanol–water partition coefficient (Wildman–Crippen LogP) is 4.20. The molecule has 0 unspecified atom stereocenters. The Morgan fingerprint density at radius 3 is 2.80 bits per heavy atom. The molecular weight excluding hydrogens is 425 g/mol. The fraction of sp³-hybridized carbons (Fsp3) is 0.263. The Balaban J connectivity index is 0.00000225. The molecule has 0 aliphatic rings. The number of fused-ring (bicyclic) bond motifs is 1. The van der Waals surface area contributed by atoms with Crippen molar-refractivity contribution in [1.29, 1.82) is 0 Å². The third kappa shape index (κ3) is 4.94. The smallest absolute Gasteiger partial charge is 0.193 e. The minimum atomic E-state index is 0. The second-order valence-corrected chi connectivity index (χ2v) is 6.10. The molecule has 6 heteroatoms. The number of para-hydroxylation sites is 2. The number of imidazole rings is 1. The Labute approximate surface area is 165 Å². The summed E-state index contributed by atoms with van der Waals surface area (Å²) in [5, 5.41) is 3.16. The van der Waals surface area contributed by atoms with E-state index in [1.54, 1.807) is 0 Å². The molecule has 0 aliphatic heterocycles. The van der Waals surface area contributed by atoms with E-state index in [9.17, 15) is 0 Å². The molecule has 0 bridgehead atoms. The summed E-state index contributed by atoms with van der Waals surface area (Å²) in [5.74, 6) is 0.916. The molecular formula is C19H24IN5. The van der Waals surface area contributed by atoms with Gasteiger partial charge in [-0.3, -0.25) is 4.99 Å². The van der Waals surface area contributed by atoms with E-state index in [4.69, 9.17) is 5.73 Å². The van der Waals surface area contributed by atoms with Crippen LogP contribution in [-0.2, 0) is 6.54 Å². The first-order valence-electron chi connectivity index (χ1n) is 8.20. The van der Waals surface area contributed by atoms with E-state index in [0.717, 1.165) is 23.3 Å². The fourth-order valence-corrected chi connectivity index (χ4v) is 2.63. The summed E-state index contributed by atoms with van der Waals surface area (Å²) in [6.07, 6.45) is 1.84. The summed E-state index contributed by atoms with van der Waals surface area (Å²) < 4.78 is 2.09. The van der Waals surface area contributed by atoms with Crippen LogP contribution in [0.15, 0.2) is 59.9 Å². The Bertz CT molecular complexity index is 854. The van der Waals surface area contributed by atoms with Gasteiger partial charge in [-0.05, 0) is 35.7 Å². The highest BCUT2D eigenvalue weighted by atomic mass is 127. The van der Waals surface area contributed by atoms with E-state index >= 15 is 0 Å². The Hall–Kier alpha value is -2.09. The lowest BCUT2D eigenvalue weighted by molar-refractivity contribution is 0.728. The third-order valence-corrected chi connectivity index (χ3v) is 3.98. The molecule has 0 spiro atoms. The average Bonchev–Trinajstić information content (AvgIpc) is 2.98. The van der Waals surface area contributed by atoms with Gasteiger partial charge in [0.2, 0.25) is 0 Å². The minimum Gasteiger partial charge on any atom is -0.370 e. The van der Waals surface area contributed by atoms with Crippen LogP contribution in [0.25, 0.3) is 11.0 Å². The topological polar surface area (TPSA) is 68.2 Å². The number of nitrogens with two attached hydrogens (primary N) is 1. The van der Waals surface area contributed by atoms with Gasteiger partial charge in [-0.2, -0.15) is 0 Å². The van der Waals surface area contributed by atoms with Gasteiger partial charge in [0.1, 0.15) is 0 Å². The SMILES string of the molecule is CC(C)c1cccc(NC(N)=NCCn2cnc3ccccc32)c1.I. The fourth-order valence-electron chi connectivity index (χ4n) is 2.63. The van der Waals surface area contributed by atoms with Crippen LogP contribution in [0.5, 0.6) is 0 Å². The van der Waals surface area contributed by atoms with Gasteiger partial charge in [0.15, 0.2) is 5.96 Å². The van der Waals surface area contributed by atoms with E-state index in [-0.39, 0.29) is 24.0 Å². The highest BCUT2D eigenvalue weighted by molar-refractivity contribution is 14.0. The number of hydrogen-bond acceptors (Lipinski definition) is 2. The summed E-state index contributed by atoms with van der Waals surface area (Å²) in [5.41, 5.74) is 10.4. The molecule has 0 aliphatic carbocycles. The van der Waals surface area contributed by atoms with E-state index in [0.29, 0.717) is 18.4 Å². The maximum Gasteiger partial charge on any atom is 0.193 e. The van der Waals surface area contributed by atoms with Gasteiger partial charge >= 0.3 is 0 Å². The van der Waals surface area contributed by atoms with Crippen molar-refractivity contribution in [3.8, 4) is 0 Å². The van der Waals surface area contributed by atoms with Gasteiger partial charge in [0.25, 0.3) is 0 Å². The van der Waals surface area contributed by atoms with Crippen LogP contribution in [-0.4, -0.2) is 22.1 Å². The average molecular weight is 449 g/mol. The molecule has 0 saturated carbocycles. The Morgan fingerprint density at radius 2 is 2.00 bits per heavy atom. The maximum atomic E-state index is 6.00. The molecule has 1 aromatic heterocycles. The normalized spacial score (nSPS) is 11.6. The van der Waals surface area contributed by atoms with Gasteiger partial charge in [-0.15, -0.1) is 24.0 Å². The van der Waals surface area contributed by atoms with Crippen LogP contribution in [0.4, 0.5) is 5.69 Å². The van der Waals surface area contributed by atoms with Crippen molar-refractivity contribution < 1.29 is 0 Å². The number of nitrogens with one attached hydrogen (secondary N) is 1. The van der Waals surface area contributed by atoms with Crippen LogP contribution in [0, 0.1) is 0 Å². The molecule has 3 aromatic rings. The van der Waals surface area contributed by atoms with Crippen LogP contribution >= 0.6 is 24.0 Å². The highest BCUT2D eigenvalue weighted by Gasteiger charge is 2.02. The molecule has 3 N–H and O–H groups in total. The summed E-state index contributed by atoms with van der Waals surface area (Å²) in [6, 6.07) is 16.3.